The molecule has 1 amide bonds. The van der Waals surface area contributed by atoms with Crippen molar-refractivity contribution in [2.24, 2.45) is 0 Å². The van der Waals surface area contributed by atoms with Crippen LogP contribution in [0.25, 0.3) is 10.6 Å². The molecule has 8 heteroatoms. The van der Waals surface area contributed by atoms with Gasteiger partial charge in [0.15, 0.2) is 0 Å². The van der Waals surface area contributed by atoms with Crippen molar-refractivity contribution < 1.29 is 9.53 Å². The number of hydrogen-bond acceptors (Lipinski definition) is 7. The molecular formula is C15H18N4O2S2. The fourth-order valence-electron chi connectivity index (χ4n) is 3.18. The van der Waals surface area contributed by atoms with Gasteiger partial charge in [0, 0.05) is 24.0 Å². The van der Waals surface area contributed by atoms with Gasteiger partial charge in [0.1, 0.15) is 10.5 Å². The molecule has 2 aliphatic rings. The summed E-state index contributed by atoms with van der Waals surface area (Å²) in [4.78, 5) is 15.1. The van der Waals surface area contributed by atoms with Gasteiger partial charge in [-0.05, 0) is 30.7 Å². The van der Waals surface area contributed by atoms with Gasteiger partial charge in [0.2, 0.25) is 11.0 Å². The summed E-state index contributed by atoms with van der Waals surface area (Å²) in [6.45, 7) is 3.06. The lowest BCUT2D eigenvalue weighted by Gasteiger charge is -2.49. The zero-order valence-electron chi connectivity index (χ0n) is 12.7. The van der Waals surface area contributed by atoms with Crippen LogP contribution in [0.2, 0.25) is 0 Å². The van der Waals surface area contributed by atoms with Gasteiger partial charge in [-0.2, -0.15) is 11.3 Å². The summed E-state index contributed by atoms with van der Waals surface area (Å²) >= 11 is 3.05. The van der Waals surface area contributed by atoms with Crippen LogP contribution in [0.15, 0.2) is 16.8 Å². The van der Waals surface area contributed by atoms with E-state index in [1.165, 1.54) is 11.3 Å². The molecule has 0 radical (unpaired) electrons. The van der Waals surface area contributed by atoms with Crippen molar-refractivity contribution in [2.75, 3.05) is 31.6 Å². The maximum atomic E-state index is 12.9. The number of carbonyl (C=O) groups excluding carboxylic acids is 1. The van der Waals surface area contributed by atoms with Gasteiger partial charge >= 0.3 is 0 Å². The number of amides is 1. The average Bonchev–Trinajstić information content (AvgIpc) is 3.18. The lowest BCUT2D eigenvalue weighted by Crippen LogP contribution is -2.63. The molecule has 2 aromatic heterocycles. The van der Waals surface area contributed by atoms with Gasteiger partial charge in [0.25, 0.3) is 0 Å². The average molecular weight is 350 g/mol. The summed E-state index contributed by atoms with van der Waals surface area (Å²) in [5.41, 5.74) is 0.678. The molecule has 3 heterocycles. The third-order valence-corrected chi connectivity index (χ3v) is 6.20. The molecule has 2 aromatic rings. The summed E-state index contributed by atoms with van der Waals surface area (Å²) in [5.74, 6) is 0.0543. The van der Waals surface area contributed by atoms with E-state index in [0.717, 1.165) is 42.9 Å². The molecular weight excluding hydrogens is 332 g/mol. The first-order valence-electron chi connectivity index (χ1n) is 7.78. The highest BCUT2D eigenvalue weighted by Gasteiger charge is 2.49. The van der Waals surface area contributed by atoms with E-state index in [-0.39, 0.29) is 11.4 Å². The first-order chi connectivity index (χ1) is 11.3. The number of aromatic nitrogens is 2. The molecule has 0 spiro atoms. The maximum Gasteiger partial charge on any atom is 0.246 e. The molecule has 23 heavy (non-hydrogen) atoms. The van der Waals surface area contributed by atoms with Gasteiger partial charge in [-0.3, -0.25) is 15.0 Å². The molecule has 0 atom stereocenters. The number of hydrogen-bond donors (Lipinski definition) is 1. The van der Waals surface area contributed by atoms with Crippen molar-refractivity contribution in [2.45, 2.75) is 24.8 Å². The standard InChI is InChI=1S/C15H18N4O2S2/c20-13(15(3-1-4-15)19-5-7-21-8-6-19)16-14-18-17-12(23-14)11-2-9-22-10-11/h2,9-10H,1,3-8H2,(H,16,18,20). The molecule has 1 saturated carbocycles. The zero-order chi connectivity index (χ0) is 15.7. The number of morpholine rings is 1. The topological polar surface area (TPSA) is 67.4 Å². The Kier molecular flexibility index (Phi) is 4.14. The van der Waals surface area contributed by atoms with E-state index in [0.29, 0.717) is 18.3 Å². The minimum absolute atomic E-state index is 0.0543. The van der Waals surface area contributed by atoms with Crippen LogP contribution in [0.1, 0.15) is 19.3 Å². The minimum atomic E-state index is -0.377. The maximum absolute atomic E-state index is 12.9. The predicted molar refractivity (Wildman–Crippen MR) is 90.8 cm³/mol. The van der Waals surface area contributed by atoms with E-state index in [1.54, 1.807) is 11.3 Å². The second kappa shape index (κ2) is 6.27. The number of rotatable bonds is 4. The quantitative estimate of drug-likeness (QED) is 0.917. The van der Waals surface area contributed by atoms with E-state index < -0.39 is 0 Å². The van der Waals surface area contributed by atoms with Gasteiger partial charge in [0.05, 0.1) is 13.2 Å². The summed E-state index contributed by atoms with van der Waals surface area (Å²) in [6.07, 6.45) is 2.92. The summed E-state index contributed by atoms with van der Waals surface area (Å²) in [6, 6.07) is 2.01. The molecule has 1 aliphatic heterocycles. The molecule has 122 valence electrons. The Hall–Kier alpha value is -1.35. The zero-order valence-corrected chi connectivity index (χ0v) is 14.3. The SMILES string of the molecule is O=C(Nc1nnc(-c2ccsc2)s1)C1(N2CCOCC2)CCC1. The normalized spacial score (nSPS) is 20.9. The highest BCUT2D eigenvalue weighted by atomic mass is 32.1. The number of nitrogens with one attached hydrogen (secondary N) is 1. The van der Waals surface area contributed by atoms with Crippen LogP contribution in [0, 0.1) is 0 Å². The number of anilines is 1. The third-order valence-electron chi connectivity index (χ3n) is 4.63. The summed E-state index contributed by atoms with van der Waals surface area (Å²) in [7, 11) is 0. The minimum Gasteiger partial charge on any atom is -0.379 e. The number of nitrogens with zero attached hydrogens (tertiary/aromatic N) is 3. The Morgan fingerprint density at radius 2 is 2.13 bits per heavy atom. The summed E-state index contributed by atoms with van der Waals surface area (Å²) < 4.78 is 5.41. The second-order valence-electron chi connectivity index (χ2n) is 5.86. The van der Waals surface area contributed by atoms with Crippen LogP contribution in [-0.4, -0.2) is 52.8 Å². The van der Waals surface area contributed by atoms with Crippen LogP contribution in [-0.2, 0) is 9.53 Å². The van der Waals surface area contributed by atoms with Gasteiger partial charge < -0.3 is 4.74 Å². The van der Waals surface area contributed by atoms with E-state index >= 15 is 0 Å². The smallest absolute Gasteiger partial charge is 0.246 e. The number of thiophene rings is 1. The Morgan fingerprint density at radius 1 is 1.30 bits per heavy atom. The van der Waals surface area contributed by atoms with E-state index in [2.05, 4.69) is 20.4 Å². The lowest BCUT2D eigenvalue weighted by atomic mass is 9.74. The van der Waals surface area contributed by atoms with Crippen molar-refractivity contribution >= 4 is 33.7 Å². The van der Waals surface area contributed by atoms with Crippen LogP contribution in [0.4, 0.5) is 5.13 Å². The third kappa shape index (κ3) is 2.80. The van der Waals surface area contributed by atoms with E-state index in [9.17, 15) is 4.79 Å². The largest absolute Gasteiger partial charge is 0.379 e. The summed E-state index contributed by atoms with van der Waals surface area (Å²) in [5, 5.41) is 16.8. The fraction of sp³-hybridized carbons (Fsp3) is 0.533. The van der Waals surface area contributed by atoms with Crippen LogP contribution in [0.5, 0.6) is 0 Å². The molecule has 4 rings (SSSR count). The number of carbonyl (C=O) groups is 1. The Labute approximate surface area is 142 Å². The van der Waals surface area contributed by atoms with Crippen LogP contribution < -0.4 is 5.32 Å². The molecule has 6 nitrogen and oxygen atoms in total. The predicted octanol–water partition coefficient (Wildman–Crippen LogP) is 2.46. The Morgan fingerprint density at radius 3 is 2.78 bits per heavy atom. The number of ether oxygens (including phenoxy) is 1. The highest BCUT2D eigenvalue weighted by molar-refractivity contribution is 7.19. The van der Waals surface area contributed by atoms with Crippen molar-refractivity contribution in [3.05, 3.63) is 16.8 Å². The van der Waals surface area contributed by atoms with Crippen molar-refractivity contribution in [1.29, 1.82) is 0 Å². The Balaban J connectivity index is 1.48. The highest BCUT2D eigenvalue weighted by Crippen LogP contribution is 2.39. The van der Waals surface area contributed by atoms with Crippen molar-refractivity contribution in [1.82, 2.24) is 15.1 Å². The molecule has 1 N–H and O–H groups in total. The first-order valence-corrected chi connectivity index (χ1v) is 9.54. The molecule has 0 unspecified atom stereocenters. The van der Waals surface area contributed by atoms with Crippen molar-refractivity contribution in [3.8, 4) is 10.6 Å². The van der Waals surface area contributed by atoms with E-state index in [4.69, 9.17) is 4.74 Å². The lowest BCUT2D eigenvalue weighted by molar-refractivity contribution is -0.139. The Bertz CT molecular complexity index is 675. The first kappa shape index (κ1) is 15.2. The fourth-order valence-corrected chi connectivity index (χ4v) is 4.63. The molecule has 2 fully saturated rings. The van der Waals surface area contributed by atoms with Crippen molar-refractivity contribution in [3.63, 3.8) is 0 Å². The molecule has 1 saturated heterocycles. The van der Waals surface area contributed by atoms with E-state index in [1.807, 2.05) is 16.8 Å². The molecule has 1 aliphatic carbocycles. The van der Waals surface area contributed by atoms with Crippen LogP contribution in [0.3, 0.4) is 0 Å². The van der Waals surface area contributed by atoms with Gasteiger partial charge in [-0.15, -0.1) is 10.2 Å². The monoisotopic (exact) mass is 350 g/mol. The molecule has 0 bridgehead atoms. The van der Waals surface area contributed by atoms with Gasteiger partial charge in [-0.25, -0.2) is 0 Å². The van der Waals surface area contributed by atoms with Gasteiger partial charge in [-0.1, -0.05) is 11.3 Å². The van der Waals surface area contributed by atoms with Crippen LogP contribution >= 0.6 is 22.7 Å². The molecule has 0 aromatic carbocycles. The second-order valence-corrected chi connectivity index (χ2v) is 7.62.